The van der Waals surface area contributed by atoms with Crippen LogP contribution in [0.3, 0.4) is 0 Å². The minimum atomic E-state index is -0.300. The number of aryl methyl sites for hydroxylation is 1. The van der Waals surface area contributed by atoms with Crippen molar-refractivity contribution in [2.75, 3.05) is 6.54 Å². The summed E-state index contributed by atoms with van der Waals surface area (Å²) in [7, 11) is 0. The first-order valence-electron chi connectivity index (χ1n) is 8.86. The van der Waals surface area contributed by atoms with Gasteiger partial charge in [0.1, 0.15) is 5.82 Å². The predicted octanol–water partition coefficient (Wildman–Crippen LogP) is 4.65. The summed E-state index contributed by atoms with van der Waals surface area (Å²) in [6.45, 7) is 1.09. The molecular weight excluding hydrogens is 367 g/mol. The average Bonchev–Trinajstić information content (AvgIpc) is 3.11. The Hall–Kier alpha value is -2.66. The van der Waals surface area contributed by atoms with E-state index in [0.717, 1.165) is 22.4 Å². The maximum absolute atomic E-state index is 13.2. The molecule has 0 radical (unpaired) electrons. The van der Waals surface area contributed by atoms with Crippen LogP contribution in [0, 0.1) is 5.82 Å². The number of fused-ring (bicyclic) bond motifs is 1. The number of carbonyl (C=O) groups is 1. The fourth-order valence-electron chi connectivity index (χ4n) is 3.31. The third-order valence-corrected chi connectivity index (χ3v) is 5.09. The number of halogens is 2. The highest BCUT2D eigenvalue weighted by Gasteiger charge is 2.27. The molecule has 0 spiro atoms. The largest absolute Gasteiger partial charge is 0.356 e. The van der Waals surface area contributed by atoms with E-state index in [1.54, 1.807) is 12.1 Å². The van der Waals surface area contributed by atoms with Gasteiger partial charge in [0.05, 0.1) is 12.2 Å². The maximum Gasteiger partial charge on any atom is 0.223 e. The Morgan fingerprint density at radius 1 is 1.15 bits per heavy atom. The van der Waals surface area contributed by atoms with Gasteiger partial charge >= 0.3 is 0 Å². The molecule has 4 nitrogen and oxygen atoms in total. The first kappa shape index (κ1) is 17.7. The highest BCUT2D eigenvalue weighted by molar-refractivity contribution is 6.30. The molecular formula is C21H18ClFN2O2. The molecule has 1 amide bonds. The lowest BCUT2D eigenvalue weighted by Crippen LogP contribution is -2.36. The average molecular weight is 385 g/mol. The molecule has 0 N–H and O–H groups in total. The molecule has 0 saturated heterocycles. The van der Waals surface area contributed by atoms with Crippen LogP contribution in [0.1, 0.15) is 23.2 Å². The number of benzene rings is 2. The van der Waals surface area contributed by atoms with Crippen LogP contribution in [0.15, 0.2) is 53.1 Å². The molecule has 1 aliphatic rings. The van der Waals surface area contributed by atoms with Gasteiger partial charge < -0.3 is 9.42 Å². The molecule has 2 heterocycles. The molecule has 0 unspecified atom stereocenters. The van der Waals surface area contributed by atoms with Gasteiger partial charge in [-0.15, -0.1) is 0 Å². The number of aromatic nitrogens is 1. The molecule has 0 aliphatic carbocycles. The summed E-state index contributed by atoms with van der Waals surface area (Å²) in [5, 5.41) is 4.82. The number of nitrogens with zero attached hydrogens (tertiary/aromatic N) is 2. The molecule has 1 aromatic heterocycles. The first-order valence-corrected chi connectivity index (χ1v) is 9.23. The van der Waals surface area contributed by atoms with Gasteiger partial charge in [0.15, 0.2) is 5.76 Å². The summed E-state index contributed by atoms with van der Waals surface area (Å²) >= 11 is 5.90. The summed E-state index contributed by atoms with van der Waals surface area (Å²) < 4.78 is 18.7. The summed E-state index contributed by atoms with van der Waals surface area (Å²) in [6.07, 6.45) is 1.77. The topological polar surface area (TPSA) is 46.3 Å². The van der Waals surface area contributed by atoms with Crippen LogP contribution in [-0.4, -0.2) is 22.5 Å². The zero-order chi connectivity index (χ0) is 18.8. The van der Waals surface area contributed by atoms with E-state index in [9.17, 15) is 9.18 Å². The van der Waals surface area contributed by atoms with Crippen molar-refractivity contribution >= 4 is 17.5 Å². The smallest absolute Gasteiger partial charge is 0.223 e. The minimum absolute atomic E-state index is 0.0989. The van der Waals surface area contributed by atoms with E-state index < -0.39 is 0 Å². The lowest BCUT2D eigenvalue weighted by molar-refractivity contribution is -0.132. The van der Waals surface area contributed by atoms with E-state index in [1.807, 2.05) is 29.2 Å². The van der Waals surface area contributed by atoms with Gasteiger partial charge in [-0.05, 0) is 48.4 Å². The third-order valence-electron chi connectivity index (χ3n) is 4.84. The monoisotopic (exact) mass is 384 g/mol. The van der Waals surface area contributed by atoms with Crippen molar-refractivity contribution in [3.63, 3.8) is 0 Å². The van der Waals surface area contributed by atoms with Gasteiger partial charge in [-0.1, -0.05) is 28.9 Å². The predicted molar refractivity (Wildman–Crippen MR) is 101 cm³/mol. The molecule has 0 bridgehead atoms. The summed E-state index contributed by atoms with van der Waals surface area (Å²) in [5.74, 6) is 0.410. The lowest BCUT2D eigenvalue weighted by atomic mass is 10.0. The Labute approximate surface area is 161 Å². The van der Waals surface area contributed by atoms with Gasteiger partial charge in [0, 0.05) is 35.5 Å². The molecule has 2 aromatic carbocycles. The molecule has 1 aliphatic heterocycles. The standard InChI is InChI=1S/C21H18ClFN2O2/c22-16-6-1-14(2-7-16)3-10-20(26)25-12-11-19-18(13-25)21(27-24-19)15-4-8-17(23)9-5-15/h1-2,4-9H,3,10-13H2. The number of rotatable bonds is 4. The van der Waals surface area contributed by atoms with E-state index in [-0.39, 0.29) is 11.7 Å². The van der Waals surface area contributed by atoms with E-state index in [4.69, 9.17) is 16.1 Å². The maximum atomic E-state index is 13.2. The lowest BCUT2D eigenvalue weighted by Gasteiger charge is -2.26. The van der Waals surface area contributed by atoms with Gasteiger partial charge in [-0.25, -0.2) is 4.39 Å². The van der Waals surface area contributed by atoms with Crippen molar-refractivity contribution in [3.8, 4) is 11.3 Å². The Bertz CT molecular complexity index is 951. The minimum Gasteiger partial charge on any atom is -0.356 e. The zero-order valence-electron chi connectivity index (χ0n) is 14.6. The van der Waals surface area contributed by atoms with Gasteiger partial charge in [-0.2, -0.15) is 0 Å². The third kappa shape index (κ3) is 3.88. The van der Waals surface area contributed by atoms with Crippen molar-refractivity contribution in [1.82, 2.24) is 10.1 Å². The highest BCUT2D eigenvalue weighted by atomic mass is 35.5. The second-order valence-corrected chi connectivity index (χ2v) is 7.07. The summed E-state index contributed by atoms with van der Waals surface area (Å²) in [4.78, 5) is 14.5. The van der Waals surface area contributed by atoms with Crippen molar-refractivity contribution in [2.45, 2.75) is 25.8 Å². The van der Waals surface area contributed by atoms with E-state index in [2.05, 4.69) is 5.16 Å². The normalized spacial score (nSPS) is 13.5. The molecule has 6 heteroatoms. The number of amides is 1. The molecule has 0 fully saturated rings. The quantitative estimate of drug-likeness (QED) is 0.657. The van der Waals surface area contributed by atoms with Crippen molar-refractivity contribution < 1.29 is 13.7 Å². The Morgan fingerprint density at radius 3 is 2.63 bits per heavy atom. The molecule has 27 heavy (non-hydrogen) atoms. The van der Waals surface area contributed by atoms with Crippen LogP contribution in [0.2, 0.25) is 5.02 Å². The molecule has 4 rings (SSSR count). The van der Waals surface area contributed by atoms with Crippen LogP contribution in [0.25, 0.3) is 11.3 Å². The van der Waals surface area contributed by atoms with Gasteiger partial charge in [-0.3, -0.25) is 4.79 Å². The van der Waals surface area contributed by atoms with E-state index in [0.29, 0.717) is 43.1 Å². The van der Waals surface area contributed by atoms with Crippen LogP contribution < -0.4 is 0 Å². The molecule has 138 valence electrons. The SMILES string of the molecule is O=C(CCc1ccc(Cl)cc1)N1CCc2noc(-c3ccc(F)cc3)c2C1. The van der Waals surface area contributed by atoms with E-state index in [1.165, 1.54) is 12.1 Å². The zero-order valence-corrected chi connectivity index (χ0v) is 15.4. The fraction of sp³-hybridized carbons (Fsp3) is 0.238. The Kier molecular flexibility index (Phi) is 4.94. The summed E-state index contributed by atoms with van der Waals surface area (Å²) in [6, 6.07) is 13.7. The van der Waals surface area contributed by atoms with Crippen LogP contribution in [0.4, 0.5) is 4.39 Å². The number of hydrogen-bond donors (Lipinski definition) is 0. The van der Waals surface area contributed by atoms with Crippen molar-refractivity contribution in [1.29, 1.82) is 0 Å². The fourth-order valence-corrected chi connectivity index (χ4v) is 3.44. The summed E-state index contributed by atoms with van der Waals surface area (Å²) in [5.41, 5.74) is 3.63. The van der Waals surface area contributed by atoms with Crippen LogP contribution in [0.5, 0.6) is 0 Å². The van der Waals surface area contributed by atoms with Crippen molar-refractivity contribution in [3.05, 3.63) is 76.2 Å². The molecule has 3 aromatic rings. The second-order valence-electron chi connectivity index (χ2n) is 6.64. The van der Waals surface area contributed by atoms with Crippen LogP contribution >= 0.6 is 11.6 Å². The Morgan fingerprint density at radius 2 is 1.89 bits per heavy atom. The van der Waals surface area contributed by atoms with E-state index >= 15 is 0 Å². The number of hydrogen-bond acceptors (Lipinski definition) is 3. The second kappa shape index (κ2) is 7.53. The Balaban J connectivity index is 1.45. The molecule has 0 atom stereocenters. The van der Waals surface area contributed by atoms with Crippen molar-refractivity contribution in [2.24, 2.45) is 0 Å². The van der Waals surface area contributed by atoms with Gasteiger partial charge in [0.2, 0.25) is 5.91 Å². The highest BCUT2D eigenvalue weighted by Crippen LogP contribution is 2.30. The van der Waals surface area contributed by atoms with Gasteiger partial charge in [0.25, 0.3) is 0 Å². The van der Waals surface area contributed by atoms with Crippen LogP contribution in [-0.2, 0) is 24.2 Å². The first-order chi connectivity index (χ1) is 13.1. The molecule has 0 saturated carbocycles. The number of carbonyl (C=O) groups excluding carboxylic acids is 1.